The zero-order valence-electron chi connectivity index (χ0n) is 6.04. The number of nitrogens with two attached hydrogens (primary N) is 1. The van der Waals surface area contributed by atoms with Gasteiger partial charge in [0.15, 0.2) is 0 Å². The van der Waals surface area contributed by atoms with Gasteiger partial charge in [0.25, 0.3) is 0 Å². The summed E-state index contributed by atoms with van der Waals surface area (Å²) in [6.45, 7) is 0. The number of aliphatic carboxylic acids is 1. The number of hydrogen-bond donors (Lipinski definition) is 2. The fourth-order valence-electron chi connectivity index (χ4n) is 0.257. The summed E-state index contributed by atoms with van der Waals surface area (Å²) in [5.74, 6) is -0.728. The fourth-order valence-corrected chi connectivity index (χ4v) is 0.535. The molecule has 0 aromatic rings. The van der Waals surface area contributed by atoms with Crippen molar-refractivity contribution in [2.24, 2.45) is 5.73 Å². The molecule has 0 aromatic carbocycles. The van der Waals surface area contributed by atoms with Gasteiger partial charge in [0.2, 0.25) is 0 Å². The molecular weight excluding hydrogens is 339 g/mol. The summed E-state index contributed by atoms with van der Waals surface area (Å²) in [4.78, 5) is 9.82. The first-order valence-corrected chi connectivity index (χ1v) is 2.89. The van der Waals surface area contributed by atoms with Crippen LogP contribution in [0.1, 0.15) is 6.42 Å². The molecule has 0 fully saturated rings. The Balaban J connectivity index is -0.000000245. The third-order valence-corrected chi connectivity index (χ3v) is 1.00. The predicted octanol–water partition coefficient (Wildman–Crippen LogP) is -1.17. The van der Waals surface area contributed by atoms with Gasteiger partial charge in [0.05, 0.1) is 5.97 Å². The molecule has 0 aromatic heterocycles. The van der Waals surface area contributed by atoms with Gasteiger partial charge in [-0.2, -0.15) is 12.6 Å². The molecule has 56 valence electrons. The SMILES string of the molecule is NC(CCS)C(=O)[O-].[CH3-].[Hg+2]. The van der Waals surface area contributed by atoms with Gasteiger partial charge in [-0.25, -0.2) is 0 Å². The van der Waals surface area contributed by atoms with Crippen molar-refractivity contribution in [3.63, 3.8) is 0 Å². The summed E-state index contributed by atoms with van der Waals surface area (Å²) in [7, 11) is 0. The van der Waals surface area contributed by atoms with Gasteiger partial charge in [-0.1, -0.05) is 0 Å². The van der Waals surface area contributed by atoms with Crippen LogP contribution >= 0.6 is 12.6 Å². The van der Waals surface area contributed by atoms with Crippen molar-refractivity contribution in [3.05, 3.63) is 7.43 Å². The van der Waals surface area contributed by atoms with Crippen LogP contribution in [0.25, 0.3) is 0 Å². The third kappa shape index (κ3) is 8.72. The number of carbonyl (C=O) groups excluding carboxylic acids is 1. The van der Waals surface area contributed by atoms with Crippen LogP contribution < -0.4 is 10.8 Å². The Labute approximate surface area is 87.3 Å². The molecule has 1 atom stereocenters. The Morgan fingerprint density at radius 2 is 2.10 bits per heavy atom. The molecule has 0 bridgehead atoms. The summed E-state index contributed by atoms with van der Waals surface area (Å²) in [5.41, 5.74) is 5.02. The Morgan fingerprint density at radius 3 is 2.20 bits per heavy atom. The minimum absolute atomic E-state index is 0. The molecule has 0 saturated carbocycles. The molecule has 2 N–H and O–H groups in total. The molecule has 0 spiro atoms. The maximum Gasteiger partial charge on any atom is 2.00 e. The molecule has 1 unspecified atom stereocenters. The Kier molecular flexibility index (Phi) is 16.5. The van der Waals surface area contributed by atoms with E-state index in [1.54, 1.807) is 0 Å². The number of carboxylic acid groups (broad SMARTS) is 1. The van der Waals surface area contributed by atoms with Crippen molar-refractivity contribution in [1.82, 2.24) is 0 Å². The second-order valence-electron chi connectivity index (χ2n) is 1.44. The quantitative estimate of drug-likeness (QED) is 0.383. The van der Waals surface area contributed by atoms with Gasteiger partial charge in [0.1, 0.15) is 0 Å². The van der Waals surface area contributed by atoms with Crippen LogP contribution in [0, 0.1) is 7.43 Å². The Hall–Kier alpha value is 0.715. The standard InChI is InChI=1S/C4H9NO2S.CH3.Hg/c5-3(1-2-8)4(6)7;;/h3,8H,1-2,5H2,(H,6,7);1H3;/q;-1;+2/p-1. The van der Waals surface area contributed by atoms with Crippen LogP contribution in [-0.2, 0) is 32.5 Å². The van der Waals surface area contributed by atoms with Gasteiger partial charge < -0.3 is 23.1 Å². The van der Waals surface area contributed by atoms with Crippen LogP contribution in [0.3, 0.4) is 0 Å². The maximum absolute atomic E-state index is 9.82. The number of thiol groups is 1. The molecule has 0 heterocycles. The fraction of sp³-hybridized carbons (Fsp3) is 0.600. The number of rotatable bonds is 3. The molecule has 3 nitrogen and oxygen atoms in total. The minimum atomic E-state index is -1.21. The Morgan fingerprint density at radius 1 is 1.70 bits per heavy atom. The second-order valence-corrected chi connectivity index (χ2v) is 1.89. The molecule has 5 heteroatoms. The van der Waals surface area contributed by atoms with Crippen molar-refractivity contribution in [2.75, 3.05) is 5.75 Å². The maximum atomic E-state index is 9.82. The van der Waals surface area contributed by atoms with Gasteiger partial charge in [-0.3, -0.25) is 0 Å². The van der Waals surface area contributed by atoms with Gasteiger partial charge in [-0.15, -0.1) is 0 Å². The summed E-state index contributed by atoms with van der Waals surface area (Å²) < 4.78 is 0. The van der Waals surface area contributed by atoms with Crippen molar-refractivity contribution >= 4 is 18.6 Å². The molecular formula is C5H11HgNO2S. The summed E-state index contributed by atoms with van der Waals surface area (Å²) in [6.07, 6.45) is 0.367. The molecule has 0 aliphatic rings. The monoisotopic (exact) mass is 351 g/mol. The van der Waals surface area contributed by atoms with Crippen LogP contribution in [0.5, 0.6) is 0 Å². The van der Waals surface area contributed by atoms with E-state index in [1.807, 2.05) is 0 Å². The van der Waals surface area contributed by atoms with Crippen LogP contribution in [0.2, 0.25) is 0 Å². The van der Waals surface area contributed by atoms with E-state index >= 15 is 0 Å². The smallest absolute Gasteiger partial charge is 0.548 e. The van der Waals surface area contributed by atoms with Gasteiger partial charge >= 0.3 is 27.7 Å². The van der Waals surface area contributed by atoms with E-state index in [4.69, 9.17) is 5.73 Å². The van der Waals surface area contributed by atoms with E-state index in [0.29, 0.717) is 12.2 Å². The molecule has 0 aliphatic carbocycles. The summed E-state index contributed by atoms with van der Waals surface area (Å²) in [5, 5.41) is 9.82. The zero-order chi connectivity index (χ0) is 6.57. The number of hydrogen-bond acceptors (Lipinski definition) is 4. The average molecular weight is 350 g/mol. The number of carbonyl (C=O) groups is 1. The third-order valence-electron chi connectivity index (χ3n) is 0.743. The summed E-state index contributed by atoms with van der Waals surface area (Å²) in [6, 6.07) is -0.854. The first-order valence-electron chi connectivity index (χ1n) is 2.25. The van der Waals surface area contributed by atoms with Gasteiger partial charge in [-0.05, 0) is 12.2 Å². The largest absolute Gasteiger partial charge is 2.00 e. The second kappa shape index (κ2) is 9.72. The van der Waals surface area contributed by atoms with Gasteiger partial charge in [0, 0.05) is 6.04 Å². The predicted molar refractivity (Wildman–Crippen MR) is 37.9 cm³/mol. The zero-order valence-corrected chi connectivity index (χ0v) is 12.4. The van der Waals surface area contributed by atoms with Crippen molar-refractivity contribution in [3.8, 4) is 0 Å². The van der Waals surface area contributed by atoms with E-state index < -0.39 is 12.0 Å². The first-order chi connectivity index (χ1) is 3.68. The summed E-state index contributed by atoms with van der Waals surface area (Å²) >= 11 is 3.78. The van der Waals surface area contributed by atoms with E-state index in [1.165, 1.54) is 0 Å². The molecule has 10 heavy (non-hydrogen) atoms. The van der Waals surface area contributed by atoms with Crippen molar-refractivity contribution in [1.29, 1.82) is 0 Å². The molecule has 0 radical (unpaired) electrons. The minimum Gasteiger partial charge on any atom is -0.548 e. The molecule has 0 rings (SSSR count). The van der Waals surface area contributed by atoms with E-state index in [9.17, 15) is 9.90 Å². The van der Waals surface area contributed by atoms with Crippen LogP contribution in [0.4, 0.5) is 0 Å². The Bertz CT molecular complexity index is 91.7. The van der Waals surface area contributed by atoms with E-state index in [0.717, 1.165) is 0 Å². The topological polar surface area (TPSA) is 66.2 Å². The normalized spacial score (nSPS) is 10.6. The number of carboxylic acids is 1. The van der Waals surface area contributed by atoms with E-state index in [2.05, 4.69) is 12.6 Å². The molecule has 0 amide bonds. The first kappa shape index (κ1) is 17.0. The average Bonchev–Trinajstić information content (AvgIpc) is 1.67. The molecule has 0 aliphatic heterocycles. The van der Waals surface area contributed by atoms with Crippen LogP contribution in [-0.4, -0.2) is 17.8 Å². The van der Waals surface area contributed by atoms with Crippen LogP contribution in [0.15, 0.2) is 0 Å². The van der Waals surface area contributed by atoms with Crippen molar-refractivity contribution < 1.29 is 37.6 Å². The van der Waals surface area contributed by atoms with Crippen molar-refractivity contribution in [2.45, 2.75) is 12.5 Å². The molecule has 0 saturated heterocycles. The van der Waals surface area contributed by atoms with E-state index in [-0.39, 0.29) is 35.1 Å².